The third-order valence-corrected chi connectivity index (χ3v) is 3.40. The van der Waals surface area contributed by atoms with E-state index in [1.54, 1.807) is 0 Å². The van der Waals surface area contributed by atoms with Crippen LogP contribution in [0.5, 0.6) is 0 Å². The van der Waals surface area contributed by atoms with Crippen molar-refractivity contribution in [2.45, 2.75) is 32.7 Å². The predicted molar refractivity (Wildman–Crippen MR) is 76.8 cm³/mol. The molecule has 2 rings (SSSR count). The summed E-state index contributed by atoms with van der Waals surface area (Å²) in [4.78, 5) is 4.45. The molecule has 4 nitrogen and oxygen atoms in total. The van der Waals surface area contributed by atoms with E-state index in [2.05, 4.69) is 28.5 Å². The van der Waals surface area contributed by atoms with Crippen molar-refractivity contribution in [2.75, 3.05) is 11.1 Å². The monoisotopic (exact) mass is 262 g/mol. The van der Waals surface area contributed by atoms with Crippen LogP contribution in [0.4, 0.5) is 10.8 Å². The molecule has 2 aromatic rings. The molecule has 3 N–H and O–H groups in total. The molecule has 18 heavy (non-hydrogen) atoms. The van der Waals surface area contributed by atoms with Gasteiger partial charge in [-0.25, -0.2) is 4.98 Å². The maximum atomic E-state index is 5.68. The Morgan fingerprint density at radius 1 is 1.33 bits per heavy atom. The molecule has 0 bridgehead atoms. The van der Waals surface area contributed by atoms with E-state index in [-0.39, 0.29) is 6.04 Å². The van der Waals surface area contributed by atoms with Crippen LogP contribution >= 0.6 is 11.5 Å². The lowest BCUT2D eigenvalue weighted by Crippen LogP contribution is -2.06. The lowest BCUT2D eigenvalue weighted by molar-refractivity contribution is 0.848. The van der Waals surface area contributed by atoms with Crippen LogP contribution < -0.4 is 11.1 Å². The zero-order valence-corrected chi connectivity index (χ0v) is 11.5. The quantitative estimate of drug-likeness (QED) is 0.812. The Morgan fingerprint density at radius 2 is 2.06 bits per heavy atom. The minimum atomic E-state index is 0.202. The molecule has 5 heteroatoms. The van der Waals surface area contributed by atoms with Gasteiger partial charge in [0.15, 0.2) is 0 Å². The van der Waals surface area contributed by atoms with Gasteiger partial charge in [0.05, 0.1) is 6.04 Å². The number of nitrogen functional groups attached to an aromatic ring is 1. The van der Waals surface area contributed by atoms with E-state index >= 15 is 0 Å². The first kappa shape index (κ1) is 12.8. The zero-order valence-electron chi connectivity index (χ0n) is 10.7. The van der Waals surface area contributed by atoms with E-state index in [1.807, 2.05) is 24.3 Å². The third-order valence-electron chi connectivity index (χ3n) is 2.72. The number of nitrogens with two attached hydrogens (primary N) is 1. The van der Waals surface area contributed by atoms with Gasteiger partial charge in [-0.2, -0.15) is 4.37 Å². The molecule has 0 fully saturated rings. The maximum absolute atomic E-state index is 5.68. The van der Waals surface area contributed by atoms with Gasteiger partial charge in [0, 0.05) is 23.6 Å². The second-order valence-electron chi connectivity index (χ2n) is 4.30. The van der Waals surface area contributed by atoms with Gasteiger partial charge in [0.1, 0.15) is 5.82 Å². The highest BCUT2D eigenvalue weighted by Crippen LogP contribution is 2.21. The van der Waals surface area contributed by atoms with Crippen LogP contribution in [-0.4, -0.2) is 9.36 Å². The molecule has 1 aromatic heterocycles. The van der Waals surface area contributed by atoms with E-state index in [0.717, 1.165) is 29.5 Å². The molecule has 0 aliphatic rings. The molecule has 0 spiro atoms. The van der Waals surface area contributed by atoms with Crippen molar-refractivity contribution in [3.05, 3.63) is 35.7 Å². The van der Waals surface area contributed by atoms with Crippen LogP contribution in [0.2, 0.25) is 0 Å². The average molecular weight is 262 g/mol. The number of aryl methyl sites for hydroxylation is 1. The second-order valence-corrected chi connectivity index (χ2v) is 5.05. The molecule has 0 aliphatic carbocycles. The molecule has 0 aliphatic heterocycles. The highest BCUT2D eigenvalue weighted by Gasteiger charge is 2.08. The third kappa shape index (κ3) is 3.20. The summed E-state index contributed by atoms with van der Waals surface area (Å²) in [5, 5.41) is 4.24. The summed E-state index contributed by atoms with van der Waals surface area (Å²) < 4.78 is 4.31. The SMILES string of the molecule is CCCc1nsc(NC(C)c2ccc(N)cc2)n1. The fraction of sp³-hybridized carbons (Fsp3) is 0.385. The van der Waals surface area contributed by atoms with Gasteiger partial charge in [-0.15, -0.1) is 0 Å². The number of nitrogens with one attached hydrogen (secondary N) is 1. The Bertz CT molecular complexity index is 492. The Balaban J connectivity index is 2.01. The molecule has 1 heterocycles. The van der Waals surface area contributed by atoms with E-state index < -0.39 is 0 Å². The number of aromatic nitrogens is 2. The smallest absolute Gasteiger partial charge is 0.203 e. The van der Waals surface area contributed by atoms with Crippen LogP contribution in [0.1, 0.15) is 37.7 Å². The molecule has 1 unspecified atom stereocenters. The van der Waals surface area contributed by atoms with E-state index in [1.165, 1.54) is 17.1 Å². The molecule has 0 saturated carbocycles. The van der Waals surface area contributed by atoms with Crippen molar-refractivity contribution in [1.29, 1.82) is 0 Å². The highest BCUT2D eigenvalue weighted by molar-refractivity contribution is 7.09. The van der Waals surface area contributed by atoms with Crippen molar-refractivity contribution in [2.24, 2.45) is 0 Å². The lowest BCUT2D eigenvalue weighted by atomic mass is 10.1. The largest absolute Gasteiger partial charge is 0.399 e. The molecule has 96 valence electrons. The van der Waals surface area contributed by atoms with Crippen molar-refractivity contribution in [1.82, 2.24) is 9.36 Å². The number of anilines is 2. The van der Waals surface area contributed by atoms with Crippen LogP contribution in [-0.2, 0) is 6.42 Å². The number of hydrogen-bond donors (Lipinski definition) is 2. The molecular formula is C13H18N4S. The van der Waals surface area contributed by atoms with Gasteiger partial charge in [0.25, 0.3) is 0 Å². The Kier molecular flexibility index (Phi) is 4.15. The predicted octanol–water partition coefficient (Wildman–Crippen LogP) is 3.25. The number of benzene rings is 1. The highest BCUT2D eigenvalue weighted by atomic mass is 32.1. The summed E-state index contributed by atoms with van der Waals surface area (Å²) in [5.41, 5.74) is 7.65. The van der Waals surface area contributed by atoms with Crippen LogP contribution in [0.25, 0.3) is 0 Å². The Morgan fingerprint density at radius 3 is 2.72 bits per heavy atom. The van der Waals surface area contributed by atoms with Gasteiger partial charge in [0.2, 0.25) is 5.13 Å². The minimum Gasteiger partial charge on any atom is -0.399 e. The number of rotatable bonds is 5. The summed E-state index contributed by atoms with van der Waals surface area (Å²) in [6.07, 6.45) is 2.01. The first-order chi connectivity index (χ1) is 8.69. The summed E-state index contributed by atoms with van der Waals surface area (Å²) in [5.74, 6) is 0.925. The second kappa shape index (κ2) is 5.82. The number of nitrogens with zero attached hydrogens (tertiary/aromatic N) is 2. The van der Waals surface area contributed by atoms with Gasteiger partial charge >= 0.3 is 0 Å². The maximum Gasteiger partial charge on any atom is 0.203 e. The topological polar surface area (TPSA) is 63.8 Å². The van der Waals surface area contributed by atoms with E-state index in [9.17, 15) is 0 Å². The lowest BCUT2D eigenvalue weighted by Gasteiger charge is -2.12. The Hall–Kier alpha value is -1.62. The Labute approximate surface area is 111 Å². The van der Waals surface area contributed by atoms with Crippen molar-refractivity contribution in [3.63, 3.8) is 0 Å². The van der Waals surface area contributed by atoms with Gasteiger partial charge in [-0.05, 0) is 31.0 Å². The van der Waals surface area contributed by atoms with Crippen molar-refractivity contribution in [3.8, 4) is 0 Å². The van der Waals surface area contributed by atoms with Gasteiger partial charge in [-0.1, -0.05) is 19.1 Å². The molecule has 0 saturated heterocycles. The van der Waals surface area contributed by atoms with Crippen molar-refractivity contribution >= 4 is 22.4 Å². The summed E-state index contributed by atoms with van der Waals surface area (Å²) in [7, 11) is 0. The molecule has 0 amide bonds. The van der Waals surface area contributed by atoms with Crippen molar-refractivity contribution < 1.29 is 0 Å². The fourth-order valence-corrected chi connectivity index (χ4v) is 2.39. The van der Waals surface area contributed by atoms with Gasteiger partial charge in [-0.3, -0.25) is 0 Å². The van der Waals surface area contributed by atoms with Gasteiger partial charge < -0.3 is 11.1 Å². The zero-order chi connectivity index (χ0) is 13.0. The minimum absolute atomic E-state index is 0.202. The number of hydrogen-bond acceptors (Lipinski definition) is 5. The normalized spacial score (nSPS) is 12.3. The average Bonchev–Trinajstić information content (AvgIpc) is 2.78. The first-order valence-electron chi connectivity index (χ1n) is 6.13. The summed E-state index contributed by atoms with van der Waals surface area (Å²) in [6, 6.07) is 8.09. The van der Waals surface area contributed by atoms with Crippen LogP contribution in [0.3, 0.4) is 0 Å². The fourth-order valence-electron chi connectivity index (χ4n) is 1.69. The van der Waals surface area contributed by atoms with Crippen LogP contribution in [0, 0.1) is 0 Å². The molecular weight excluding hydrogens is 244 g/mol. The molecule has 0 radical (unpaired) electrons. The summed E-state index contributed by atoms with van der Waals surface area (Å²) in [6.45, 7) is 4.23. The first-order valence-corrected chi connectivity index (χ1v) is 6.91. The molecule has 1 aromatic carbocycles. The van der Waals surface area contributed by atoms with Crippen LogP contribution in [0.15, 0.2) is 24.3 Å². The standard InChI is InChI=1S/C13H18N4S/c1-3-4-12-16-13(18-17-12)15-9(2)10-5-7-11(14)8-6-10/h5-9H,3-4,14H2,1-2H3,(H,15,16,17). The summed E-state index contributed by atoms with van der Waals surface area (Å²) >= 11 is 1.42. The van der Waals surface area contributed by atoms with E-state index in [0.29, 0.717) is 0 Å². The molecule has 1 atom stereocenters. The van der Waals surface area contributed by atoms with E-state index in [4.69, 9.17) is 5.73 Å².